The van der Waals surface area contributed by atoms with Crippen LogP contribution in [0.2, 0.25) is 0 Å². The summed E-state index contributed by atoms with van der Waals surface area (Å²) in [6.45, 7) is 0. The molecule has 1 aliphatic rings. The average molecular weight is 296 g/mol. The molecule has 0 unspecified atom stereocenters. The smallest absolute Gasteiger partial charge is 0.209 e. The molecule has 0 spiro atoms. The van der Waals surface area contributed by atoms with E-state index in [0.717, 1.165) is 16.6 Å². The highest BCUT2D eigenvalue weighted by Crippen LogP contribution is 2.31. The van der Waals surface area contributed by atoms with E-state index in [4.69, 9.17) is 5.73 Å². The third-order valence-electron chi connectivity index (χ3n) is 3.30. The van der Waals surface area contributed by atoms with Crippen LogP contribution in [-0.4, -0.2) is 25.2 Å². The first kappa shape index (κ1) is 12.9. The molecular formula is C11H16N6S2. The Hall–Kier alpha value is -1.15. The molecule has 0 atom stereocenters. The number of tetrazole rings is 1. The van der Waals surface area contributed by atoms with Gasteiger partial charge in [0.15, 0.2) is 5.13 Å². The Kier molecular flexibility index (Phi) is 3.97. The van der Waals surface area contributed by atoms with Crippen LogP contribution in [0.1, 0.15) is 43.8 Å². The fourth-order valence-corrected chi connectivity index (χ4v) is 3.87. The van der Waals surface area contributed by atoms with Gasteiger partial charge in [-0.05, 0) is 23.3 Å². The first-order valence-electron chi connectivity index (χ1n) is 6.43. The van der Waals surface area contributed by atoms with Gasteiger partial charge < -0.3 is 5.73 Å². The largest absolute Gasteiger partial charge is 0.375 e. The summed E-state index contributed by atoms with van der Waals surface area (Å²) in [5, 5.41) is 15.6. The summed E-state index contributed by atoms with van der Waals surface area (Å²) in [6.07, 6.45) is 6.25. The fraction of sp³-hybridized carbons (Fsp3) is 0.636. The van der Waals surface area contributed by atoms with Gasteiger partial charge >= 0.3 is 0 Å². The van der Waals surface area contributed by atoms with Gasteiger partial charge in [-0.3, -0.25) is 0 Å². The monoisotopic (exact) mass is 296 g/mol. The third kappa shape index (κ3) is 3.06. The highest BCUT2D eigenvalue weighted by molar-refractivity contribution is 7.98. The second kappa shape index (κ2) is 5.87. The van der Waals surface area contributed by atoms with Crippen LogP contribution in [0, 0.1) is 0 Å². The lowest BCUT2D eigenvalue weighted by atomic mass is 9.96. The minimum atomic E-state index is 0.465. The summed E-state index contributed by atoms with van der Waals surface area (Å²) < 4.78 is 1.99. The number of nitrogens with zero attached hydrogens (tertiary/aromatic N) is 5. The molecule has 19 heavy (non-hydrogen) atoms. The van der Waals surface area contributed by atoms with Crippen LogP contribution < -0.4 is 5.73 Å². The van der Waals surface area contributed by atoms with Crippen molar-refractivity contribution in [1.82, 2.24) is 25.2 Å². The quantitative estimate of drug-likeness (QED) is 0.873. The number of anilines is 1. The lowest BCUT2D eigenvalue weighted by molar-refractivity contribution is 0.307. The van der Waals surface area contributed by atoms with Crippen molar-refractivity contribution in [2.45, 2.75) is 49.1 Å². The van der Waals surface area contributed by atoms with Gasteiger partial charge in [0.25, 0.3) is 0 Å². The van der Waals surface area contributed by atoms with Crippen molar-refractivity contribution < 1.29 is 0 Å². The van der Waals surface area contributed by atoms with E-state index in [1.165, 1.54) is 43.4 Å². The van der Waals surface area contributed by atoms with Crippen molar-refractivity contribution in [2.75, 3.05) is 5.73 Å². The summed E-state index contributed by atoms with van der Waals surface area (Å²) in [4.78, 5) is 4.25. The molecule has 6 nitrogen and oxygen atoms in total. The van der Waals surface area contributed by atoms with Crippen LogP contribution in [0.5, 0.6) is 0 Å². The molecule has 1 aliphatic carbocycles. The number of hydrogen-bond acceptors (Lipinski definition) is 7. The molecule has 0 saturated heterocycles. The minimum absolute atomic E-state index is 0.465. The van der Waals surface area contributed by atoms with Gasteiger partial charge in [0.1, 0.15) is 0 Å². The molecule has 0 aromatic carbocycles. The predicted molar refractivity (Wildman–Crippen MR) is 76.0 cm³/mol. The molecule has 8 heteroatoms. The molecule has 0 aliphatic heterocycles. The molecule has 1 fully saturated rings. The van der Waals surface area contributed by atoms with Gasteiger partial charge in [0.2, 0.25) is 5.16 Å². The number of hydrogen-bond donors (Lipinski definition) is 1. The SMILES string of the molecule is Nc1nc(CSc2nnnn2C2CCCCC2)cs1. The summed E-state index contributed by atoms with van der Waals surface area (Å²) in [5.41, 5.74) is 6.62. The zero-order chi connectivity index (χ0) is 13.1. The Morgan fingerprint density at radius 1 is 1.37 bits per heavy atom. The molecule has 2 aromatic rings. The predicted octanol–water partition coefficient (Wildman–Crippen LogP) is 2.51. The molecule has 0 bridgehead atoms. The first-order valence-corrected chi connectivity index (χ1v) is 8.30. The molecule has 2 heterocycles. The maximum absolute atomic E-state index is 5.63. The van der Waals surface area contributed by atoms with E-state index in [9.17, 15) is 0 Å². The second-order valence-electron chi connectivity index (χ2n) is 4.66. The second-order valence-corrected chi connectivity index (χ2v) is 6.50. The standard InChI is InChI=1S/C11H16N6S2/c12-10-13-8(6-18-10)7-19-11-14-15-16-17(11)9-4-2-1-3-5-9/h6,9H,1-5,7H2,(H2,12,13). The summed E-state index contributed by atoms with van der Waals surface area (Å²) >= 11 is 3.10. The van der Waals surface area contributed by atoms with E-state index < -0.39 is 0 Å². The van der Waals surface area contributed by atoms with E-state index in [0.29, 0.717) is 11.2 Å². The number of nitrogens with two attached hydrogens (primary N) is 1. The Labute approximate surface area is 119 Å². The van der Waals surface area contributed by atoms with Gasteiger partial charge in [-0.15, -0.1) is 16.4 Å². The van der Waals surface area contributed by atoms with Gasteiger partial charge in [-0.1, -0.05) is 31.0 Å². The van der Waals surface area contributed by atoms with Crippen LogP contribution in [0.4, 0.5) is 5.13 Å². The van der Waals surface area contributed by atoms with Crippen molar-refractivity contribution in [3.63, 3.8) is 0 Å². The number of aromatic nitrogens is 5. The zero-order valence-electron chi connectivity index (χ0n) is 10.5. The van der Waals surface area contributed by atoms with Crippen LogP contribution in [-0.2, 0) is 5.75 Å². The van der Waals surface area contributed by atoms with Crippen LogP contribution >= 0.6 is 23.1 Å². The number of thiazole rings is 1. The number of rotatable bonds is 4. The Bertz CT molecular complexity index is 531. The topological polar surface area (TPSA) is 82.5 Å². The Balaban J connectivity index is 1.66. The van der Waals surface area contributed by atoms with E-state index >= 15 is 0 Å². The third-order valence-corrected chi connectivity index (χ3v) is 4.99. The number of thioether (sulfide) groups is 1. The molecule has 3 rings (SSSR count). The van der Waals surface area contributed by atoms with Crippen molar-refractivity contribution in [2.24, 2.45) is 0 Å². The van der Waals surface area contributed by atoms with Crippen molar-refractivity contribution in [3.05, 3.63) is 11.1 Å². The zero-order valence-corrected chi connectivity index (χ0v) is 12.2. The summed E-state index contributed by atoms with van der Waals surface area (Å²) in [7, 11) is 0. The van der Waals surface area contributed by atoms with Crippen LogP contribution in [0.15, 0.2) is 10.5 Å². The maximum atomic E-state index is 5.63. The van der Waals surface area contributed by atoms with Gasteiger partial charge in [-0.25, -0.2) is 9.67 Å². The molecule has 1 saturated carbocycles. The molecule has 0 radical (unpaired) electrons. The minimum Gasteiger partial charge on any atom is -0.375 e. The lowest BCUT2D eigenvalue weighted by Crippen LogP contribution is -2.15. The summed E-state index contributed by atoms with van der Waals surface area (Å²) in [6, 6.07) is 0.465. The van der Waals surface area contributed by atoms with E-state index in [1.807, 2.05) is 10.1 Å². The number of nitrogen functional groups attached to an aromatic ring is 1. The molecule has 2 aromatic heterocycles. The Morgan fingerprint density at radius 3 is 2.95 bits per heavy atom. The van der Waals surface area contributed by atoms with Crippen molar-refractivity contribution in [1.29, 1.82) is 0 Å². The lowest BCUT2D eigenvalue weighted by Gasteiger charge is -2.21. The summed E-state index contributed by atoms with van der Waals surface area (Å²) in [5.74, 6) is 0.765. The molecule has 102 valence electrons. The van der Waals surface area contributed by atoms with Crippen molar-refractivity contribution in [3.8, 4) is 0 Å². The normalized spacial score (nSPS) is 16.8. The highest BCUT2D eigenvalue weighted by Gasteiger charge is 2.20. The van der Waals surface area contributed by atoms with E-state index in [2.05, 4.69) is 20.5 Å². The first-order chi connectivity index (χ1) is 9.33. The van der Waals surface area contributed by atoms with Gasteiger partial charge in [0.05, 0.1) is 11.7 Å². The van der Waals surface area contributed by atoms with Gasteiger partial charge in [-0.2, -0.15) is 0 Å². The van der Waals surface area contributed by atoms with E-state index in [-0.39, 0.29) is 0 Å². The van der Waals surface area contributed by atoms with Gasteiger partial charge in [0, 0.05) is 11.1 Å². The highest BCUT2D eigenvalue weighted by atomic mass is 32.2. The molecule has 0 amide bonds. The van der Waals surface area contributed by atoms with Crippen molar-refractivity contribution >= 4 is 28.2 Å². The Morgan fingerprint density at radius 2 is 2.21 bits per heavy atom. The molecule has 2 N–H and O–H groups in total. The maximum Gasteiger partial charge on any atom is 0.209 e. The average Bonchev–Trinajstić information content (AvgIpc) is 3.06. The van der Waals surface area contributed by atoms with Crippen LogP contribution in [0.25, 0.3) is 0 Å². The molecular weight excluding hydrogens is 280 g/mol. The van der Waals surface area contributed by atoms with Crippen LogP contribution in [0.3, 0.4) is 0 Å². The van der Waals surface area contributed by atoms with E-state index in [1.54, 1.807) is 11.8 Å². The fourth-order valence-electron chi connectivity index (χ4n) is 2.36.